The van der Waals surface area contributed by atoms with E-state index < -0.39 is 0 Å². The van der Waals surface area contributed by atoms with Crippen LogP contribution >= 0.6 is 0 Å². The number of fused-ring (bicyclic) bond motifs is 1. The summed E-state index contributed by atoms with van der Waals surface area (Å²) < 4.78 is 12.9. The number of carbonyl (C=O) groups is 1. The SMILES string of the molecule is COCC(=O)NC(C)c1nc2ccccc2n1CCCCOc1ccccc1. The molecule has 6 heteroatoms. The average molecular weight is 381 g/mol. The van der Waals surface area contributed by atoms with Gasteiger partial charge in [0.2, 0.25) is 5.91 Å². The zero-order valence-electron chi connectivity index (χ0n) is 16.4. The molecule has 1 atom stereocenters. The number of imidazole rings is 1. The molecule has 1 N–H and O–H groups in total. The second-order valence-electron chi connectivity index (χ2n) is 6.70. The molecule has 3 rings (SSSR count). The van der Waals surface area contributed by atoms with Crippen molar-refractivity contribution in [3.05, 3.63) is 60.4 Å². The van der Waals surface area contributed by atoms with E-state index in [0.717, 1.165) is 42.0 Å². The lowest BCUT2D eigenvalue weighted by Crippen LogP contribution is -2.31. The topological polar surface area (TPSA) is 65.4 Å². The minimum Gasteiger partial charge on any atom is -0.494 e. The van der Waals surface area contributed by atoms with E-state index in [0.29, 0.717) is 6.61 Å². The third kappa shape index (κ3) is 5.10. The van der Waals surface area contributed by atoms with Gasteiger partial charge in [0.05, 0.1) is 23.7 Å². The van der Waals surface area contributed by atoms with E-state index >= 15 is 0 Å². The molecule has 3 aromatic rings. The minimum atomic E-state index is -0.199. The van der Waals surface area contributed by atoms with Crippen LogP contribution in [-0.4, -0.2) is 35.8 Å². The number of methoxy groups -OCH3 is 1. The third-order valence-corrected chi connectivity index (χ3v) is 4.51. The maximum absolute atomic E-state index is 11.9. The largest absolute Gasteiger partial charge is 0.494 e. The molecule has 1 aromatic heterocycles. The lowest BCUT2D eigenvalue weighted by Gasteiger charge is -2.16. The highest BCUT2D eigenvalue weighted by Gasteiger charge is 2.18. The zero-order valence-corrected chi connectivity index (χ0v) is 16.4. The van der Waals surface area contributed by atoms with E-state index in [-0.39, 0.29) is 18.6 Å². The summed E-state index contributed by atoms with van der Waals surface area (Å²) in [7, 11) is 1.51. The van der Waals surface area contributed by atoms with Crippen molar-refractivity contribution < 1.29 is 14.3 Å². The van der Waals surface area contributed by atoms with E-state index in [1.54, 1.807) is 0 Å². The van der Waals surface area contributed by atoms with Crippen LogP contribution in [0.5, 0.6) is 5.75 Å². The van der Waals surface area contributed by atoms with Gasteiger partial charge in [-0.1, -0.05) is 30.3 Å². The predicted octanol–water partition coefficient (Wildman–Crippen LogP) is 3.72. The van der Waals surface area contributed by atoms with Gasteiger partial charge < -0.3 is 19.4 Å². The summed E-state index contributed by atoms with van der Waals surface area (Å²) in [6.07, 6.45) is 1.89. The Morgan fingerprint density at radius 3 is 2.64 bits per heavy atom. The van der Waals surface area contributed by atoms with Crippen molar-refractivity contribution in [3.8, 4) is 5.75 Å². The smallest absolute Gasteiger partial charge is 0.246 e. The summed E-state index contributed by atoms with van der Waals surface area (Å²) in [5.74, 6) is 1.60. The summed E-state index contributed by atoms with van der Waals surface area (Å²) in [4.78, 5) is 16.6. The Hall–Kier alpha value is -2.86. The molecule has 1 unspecified atom stereocenters. The maximum atomic E-state index is 11.9. The molecule has 0 aliphatic carbocycles. The number of amides is 1. The first-order chi connectivity index (χ1) is 13.7. The van der Waals surface area contributed by atoms with Crippen LogP contribution in [0.2, 0.25) is 0 Å². The summed E-state index contributed by atoms with van der Waals surface area (Å²) in [5, 5.41) is 2.95. The highest BCUT2D eigenvalue weighted by atomic mass is 16.5. The molecule has 0 saturated heterocycles. The molecule has 2 aromatic carbocycles. The van der Waals surface area contributed by atoms with E-state index in [2.05, 4.69) is 16.0 Å². The average Bonchev–Trinajstić information content (AvgIpc) is 3.07. The molecule has 0 aliphatic rings. The van der Waals surface area contributed by atoms with Crippen LogP contribution in [0.1, 0.15) is 31.6 Å². The fraction of sp³-hybridized carbons (Fsp3) is 0.364. The Balaban J connectivity index is 1.64. The van der Waals surface area contributed by atoms with Crippen molar-refractivity contribution in [2.75, 3.05) is 20.3 Å². The summed E-state index contributed by atoms with van der Waals surface area (Å²) in [5.41, 5.74) is 2.01. The first-order valence-corrected chi connectivity index (χ1v) is 9.60. The molecule has 0 radical (unpaired) electrons. The number of benzene rings is 2. The van der Waals surface area contributed by atoms with Crippen LogP contribution < -0.4 is 10.1 Å². The van der Waals surface area contributed by atoms with Crippen molar-refractivity contribution in [2.24, 2.45) is 0 Å². The van der Waals surface area contributed by atoms with E-state index in [1.165, 1.54) is 7.11 Å². The molecule has 1 amide bonds. The van der Waals surface area contributed by atoms with Gasteiger partial charge in [-0.3, -0.25) is 4.79 Å². The van der Waals surface area contributed by atoms with Crippen LogP contribution in [0.15, 0.2) is 54.6 Å². The van der Waals surface area contributed by atoms with Crippen LogP contribution in [0.25, 0.3) is 11.0 Å². The van der Waals surface area contributed by atoms with Crippen molar-refractivity contribution >= 4 is 16.9 Å². The van der Waals surface area contributed by atoms with Crippen LogP contribution in [0, 0.1) is 0 Å². The number of hydrogen-bond donors (Lipinski definition) is 1. The fourth-order valence-corrected chi connectivity index (χ4v) is 3.22. The molecular weight excluding hydrogens is 354 g/mol. The lowest BCUT2D eigenvalue weighted by atomic mass is 10.2. The lowest BCUT2D eigenvalue weighted by molar-refractivity contribution is -0.125. The molecule has 28 heavy (non-hydrogen) atoms. The van der Waals surface area contributed by atoms with E-state index in [1.807, 2.05) is 55.5 Å². The molecule has 0 aliphatic heterocycles. The van der Waals surface area contributed by atoms with Gasteiger partial charge in [-0.2, -0.15) is 0 Å². The Bertz CT molecular complexity index is 892. The Labute approximate surface area is 165 Å². The van der Waals surface area contributed by atoms with Crippen LogP contribution in [0.3, 0.4) is 0 Å². The Morgan fingerprint density at radius 1 is 1.11 bits per heavy atom. The maximum Gasteiger partial charge on any atom is 0.246 e. The number of carbonyl (C=O) groups excluding carboxylic acids is 1. The van der Waals surface area contributed by atoms with Crippen molar-refractivity contribution in [1.82, 2.24) is 14.9 Å². The molecular formula is C22H27N3O3. The van der Waals surface area contributed by atoms with E-state index in [4.69, 9.17) is 14.5 Å². The molecule has 148 valence electrons. The fourth-order valence-electron chi connectivity index (χ4n) is 3.22. The van der Waals surface area contributed by atoms with Gasteiger partial charge in [0, 0.05) is 13.7 Å². The van der Waals surface area contributed by atoms with Gasteiger partial charge in [-0.25, -0.2) is 4.98 Å². The minimum absolute atomic E-state index is 0.0430. The van der Waals surface area contributed by atoms with Gasteiger partial charge in [-0.05, 0) is 44.0 Å². The standard InChI is InChI=1S/C22H27N3O3/c1-17(23-21(26)16-27-2)22-24-19-12-6-7-13-20(19)25(22)14-8-9-15-28-18-10-4-3-5-11-18/h3-7,10-13,17H,8-9,14-16H2,1-2H3,(H,23,26). The number of nitrogens with zero attached hydrogens (tertiary/aromatic N) is 2. The summed E-state index contributed by atoms with van der Waals surface area (Å²) >= 11 is 0. The van der Waals surface area contributed by atoms with Crippen molar-refractivity contribution in [3.63, 3.8) is 0 Å². The Morgan fingerprint density at radius 2 is 1.86 bits per heavy atom. The third-order valence-electron chi connectivity index (χ3n) is 4.51. The van der Waals surface area contributed by atoms with Gasteiger partial charge in [0.15, 0.2) is 0 Å². The molecule has 0 bridgehead atoms. The number of rotatable bonds is 10. The number of unbranched alkanes of at least 4 members (excludes halogenated alkanes) is 1. The normalized spacial score (nSPS) is 12.1. The molecule has 0 spiro atoms. The molecule has 0 saturated carbocycles. The highest BCUT2D eigenvalue weighted by Crippen LogP contribution is 2.21. The molecule has 6 nitrogen and oxygen atoms in total. The van der Waals surface area contributed by atoms with Gasteiger partial charge in [-0.15, -0.1) is 0 Å². The number of aromatic nitrogens is 2. The summed E-state index contributed by atoms with van der Waals surface area (Å²) in [6, 6.07) is 17.7. The number of ether oxygens (including phenoxy) is 2. The predicted molar refractivity (Wildman–Crippen MR) is 109 cm³/mol. The van der Waals surface area contributed by atoms with Gasteiger partial charge in [0.25, 0.3) is 0 Å². The Kier molecular flexibility index (Phi) is 7.03. The quantitative estimate of drug-likeness (QED) is 0.544. The highest BCUT2D eigenvalue weighted by molar-refractivity contribution is 5.78. The van der Waals surface area contributed by atoms with Gasteiger partial charge in [0.1, 0.15) is 18.2 Å². The van der Waals surface area contributed by atoms with Crippen LogP contribution in [-0.2, 0) is 16.1 Å². The number of para-hydroxylation sites is 3. The second-order valence-corrected chi connectivity index (χ2v) is 6.70. The van der Waals surface area contributed by atoms with Gasteiger partial charge >= 0.3 is 0 Å². The monoisotopic (exact) mass is 381 g/mol. The number of hydrogen-bond acceptors (Lipinski definition) is 4. The zero-order chi connectivity index (χ0) is 19.8. The molecule has 1 heterocycles. The number of nitrogens with one attached hydrogen (secondary N) is 1. The summed E-state index contributed by atoms with van der Waals surface area (Å²) in [6.45, 7) is 3.48. The van der Waals surface area contributed by atoms with Crippen molar-refractivity contribution in [2.45, 2.75) is 32.4 Å². The second kappa shape index (κ2) is 9.90. The van der Waals surface area contributed by atoms with Crippen molar-refractivity contribution in [1.29, 1.82) is 0 Å². The first-order valence-electron chi connectivity index (χ1n) is 9.60. The van der Waals surface area contributed by atoms with Crippen LogP contribution in [0.4, 0.5) is 0 Å². The molecule has 0 fully saturated rings. The van der Waals surface area contributed by atoms with E-state index in [9.17, 15) is 4.79 Å². The first kappa shape index (κ1) is 19.9. The number of aryl methyl sites for hydroxylation is 1.